The van der Waals surface area contributed by atoms with E-state index in [9.17, 15) is 4.79 Å². The van der Waals surface area contributed by atoms with E-state index >= 15 is 0 Å². The molecule has 24 heavy (non-hydrogen) atoms. The molecule has 0 spiro atoms. The van der Waals surface area contributed by atoms with Crippen LogP contribution in [0.2, 0.25) is 0 Å². The van der Waals surface area contributed by atoms with Gasteiger partial charge in [-0.3, -0.25) is 4.79 Å². The second-order valence-electron chi connectivity index (χ2n) is 3.81. The van der Waals surface area contributed by atoms with Crippen LogP contribution in [0.3, 0.4) is 0 Å². The van der Waals surface area contributed by atoms with Crippen LogP contribution in [0.4, 0.5) is 0 Å². The number of aromatic nitrogens is 4. The molecule has 0 aliphatic rings. The van der Waals surface area contributed by atoms with Gasteiger partial charge in [0.1, 0.15) is 0 Å². The minimum atomic E-state index is -0.956. The standard InChI is InChI=1S/C4H4N2O2S.C4H4S.C3H3N2S.CH2O2.Na/c1-2-3(4(7)8)9-6-5-2;1-2-4-5-3-1;1-3-2-6-5-4-3;2-1-3;/h1H3,(H,7,8);1-4H;1H3;1H,(H,2,3);. The van der Waals surface area contributed by atoms with Crippen molar-refractivity contribution in [3.05, 3.63) is 39.2 Å². The number of hydrogen-bond acceptors (Lipinski definition) is 9. The third-order valence-electron chi connectivity index (χ3n) is 2.15. The van der Waals surface area contributed by atoms with Gasteiger partial charge in [-0.25, -0.2) is 4.79 Å². The van der Waals surface area contributed by atoms with Gasteiger partial charge in [0.15, 0.2) is 4.88 Å². The van der Waals surface area contributed by atoms with Crippen LogP contribution < -0.4 is 2.13 Å². The smallest absolute Gasteiger partial charge is 0.349 e. The summed E-state index contributed by atoms with van der Waals surface area (Å²) < 4.78 is 8.55. The zero-order chi connectivity index (χ0) is 18.4. The fourth-order valence-corrected chi connectivity index (χ4v) is 2.69. The molecule has 2 N–H and O–H groups in total. The first-order valence-electron chi connectivity index (χ1n) is 6.26. The van der Waals surface area contributed by atoms with Crippen molar-refractivity contribution in [3.8, 4) is 0 Å². The summed E-state index contributed by atoms with van der Waals surface area (Å²) >= 11 is 5.21. The van der Waals surface area contributed by atoms with Gasteiger partial charge in [-0.15, -0.1) is 5.10 Å². The van der Waals surface area contributed by atoms with Crippen LogP contribution in [0, 0.1) is 13.8 Å². The summed E-state index contributed by atoms with van der Waals surface area (Å²) in [6, 6.07) is 4.04. The Labute approximate surface area is 167 Å². The Bertz CT molecular complexity index is 669. The third kappa shape index (κ3) is 10.5. The zero-order valence-corrected chi connectivity index (χ0v) is 17.6. The van der Waals surface area contributed by atoms with Crippen molar-refractivity contribution in [1.82, 2.24) is 19.2 Å². The van der Waals surface area contributed by atoms with Crippen molar-refractivity contribution < 1.29 is 19.8 Å². The van der Waals surface area contributed by atoms with Crippen LogP contribution in [0.25, 0.3) is 0 Å². The molecule has 3 aromatic heterocycles. The van der Waals surface area contributed by atoms with Gasteiger partial charge in [-0.2, -0.15) is 11.3 Å². The molecule has 3 rings (SSSR count). The summed E-state index contributed by atoms with van der Waals surface area (Å²) in [5.41, 5.74) is 1.59. The largest absolute Gasteiger partial charge is 0.483 e. The van der Waals surface area contributed by atoms with Crippen LogP contribution in [0.5, 0.6) is 0 Å². The Balaban J connectivity index is 0.000000315. The number of carboxylic acid groups (broad SMARTS) is 2. The number of rotatable bonds is 1. The van der Waals surface area contributed by atoms with E-state index in [0.717, 1.165) is 45.2 Å². The van der Waals surface area contributed by atoms with E-state index in [1.807, 2.05) is 29.8 Å². The van der Waals surface area contributed by atoms with E-state index in [1.165, 1.54) is 13.7 Å². The summed E-state index contributed by atoms with van der Waals surface area (Å²) in [7, 11) is 0. The predicted molar refractivity (Wildman–Crippen MR) is 94.7 cm³/mol. The molecule has 0 saturated carbocycles. The molecule has 0 fully saturated rings. The minimum absolute atomic E-state index is 0.218. The number of hydrogen-bond donors (Lipinski definition) is 2. The summed E-state index contributed by atoms with van der Waals surface area (Å²) in [5.74, 6) is -0.956. The van der Waals surface area contributed by atoms with Gasteiger partial charge in [0, 0.05) is 0 Å². The number of carboxylic acids is 1. The van der Waals surface area contributed by atoms with Gasteiger partial charge in [0.05, 0.1) is 5.69 Å². The van der Waals surface area contributed by atoms with Crippen molar-refractivity contribution in [2.75, 3.05) is 0 Å². The third-order valence-corrected chi connectivity index (χ3v) is 5.60. The SMILES string of the molecule is Cc1nns[c]1[Na].Cc1nnsc1C(=O)O.O=CO.c1ccsc1. The number of aromatic carboxylic acids is 1. The first kappa shape index (κ1) is 22.8. The van der Waals surface area contributed by atoms with E-state index in [4.69, 9.17) is 15.0 Å². The maximum Gasteiger partial charge on any atom is 0.349 e. The predicted octanol–water partition coefficient (Wildman–Crippen LogP) is 1.63. The van der Waals surface area contributed by atoms with Crippen LogP contribution in [0.1, 0.15) is 21.1 Å². The zero-order valence-electron chi connectivity index (χ0n) is 13.1. The van der Waals surface area contributed by atoms with Crippen molar-refractivity contribution in [2.24, 2.45) is 0 Å². The fourth-order valence-electron chi connectivity index (χ4n) is 0.934. The minimum Gasteiger partial charge on any atom is -0.483 e. The quantitative estimate of drug-likeness (QED) is 0.469. The summed E-state index contributed by atoms with van der Waals surface area (Å²) in [5, 5.41) is 26.7. The van der Waals surface area contributed by atoms with Gasteiger partial charge < -0.3 is 10.2 Å². The molecule has 12 heteroatoms. The molecule has 3 heterocycles. The second-order valence-corrected chi connectivity index (χ2v) is 8.06. The van der Waals surface area contributed by atoms with Crippen LogP contribution in [-0.2, 0) is 4.79 Å². The van der Waals surface area contributed by atoms with Gasteiger partial charge in [0.25, 0.3) is 6.47 Å². The first-order valence-corrected chi connectivity index (χ1v) is 9.75. The molecule has 0 aliphatic heterocycles. The molecular weight excluding hydrogens is 383 g/mol. The molecule has 0 radical (unpaired) electrons. The first-order chi connectivity index (χ1) is 11.4. The van der Waals surface area contributed by atoms with Crippen molar-refractivity contribution >= 4 is 76.9 Å². The monoisotopic (exact) mass is 396 g/mol. The van der Waals surface area contributed by atoms with Crippen LogP contribution in [0.15, 0.2) is 22.9 Å². The molecule has 0 bridgehead atoms. The normalized spacial score (nSPS) is 8.50. The number of nitrogens with zero attached hydrogens (tertiary/aromatic N) is 4. The van der Waals surface area contributed by atoms with E-state index in [2.05, 4.69) is 19.2 Å². The Morgan fingerprint density at radius 2 is 1.62 bits per heavy atom. The van der Waals surface area contributed by atoms with Gasteiger partial charge >= 0.3 is 69.8 Å². The van der Waals surface area contributed by atoms with Gasteiger partial charge in [0.2, 0.25) is 0 Å². The van der Waals surface area contributed by atoms with Gasteiger partial charge in [-0.1, -0.05) is 16.6 Å². The molecule has 0 saturated heterocycles. The molecule has 3 aromatic rings. The second kappa shape index (κ2) is 14.1. The average Bonchev–Trinajstić information content (AvgIpc) is 3.26. The maximum atomic E-state index is 10.2. The summed E-state index contributed by atoms with van der Waals surface area (Å²) in [4.78, 5) is 18.8. The molecule has 124 valence electrons. The van der Waals surface area contributed by atoms with Crippen LogP contribution >= 0.6 is 34.4 Å². The molecule has 0 atom stereocenters. The average molecular weight is 396 g/mol. The Morgan fingerprint density at radius 3 is 1.79 bits per heavy atom. The topological polar surface area (TPSA) is 126 Å². The van der Waals surface area contributed by atoms with Crippen molar-refractivity contribution in [3.63, 3.8) is 0 Å². The number of aryl methyl sites for hydroxylation is 2. The fraction of sp³-hybridized carbons (Fsp3) is 0.167. The summed E-state index contributed by atoms with van der Waals surface area (Å²) in [6.07, 6.45) is 0. The van der Waals surface area contributed by atoms with E-state index in [-0.39, 0.29) is 11.3 Å². The van der Waals surface area contributed by atoms with Crippen molar-refractivity contribution in [2.45, 2.75) is 13.8 Å². The van der Waals surface area contributed by atoms with Gasteiger partial charge in [-0.05, 0) is 29.2 Å². The molecule has 0 amide bonds. The molecular formula is C12H13N4NaO4S3. The van der Waals surface area contributed by atoms with E-state index < -0.39 is 5.97 Å². The summed E-state index contributed by atoms with van der Waals surface area (Å²) in [6.45, 7) is 3.36. The molecule has 0 unspecified atom stereocenters. The van der Waals surface area contributed by atoms with Crippen molar-refractivity contribution in [1.29, 1.82) is 0 Å². The number of thiophene rings is 1. The Hall–Kier alpha value is -1.24. The Morgan fingerprint density at radius 1 is 1.12 bits per heavy atom. The van der Waals surface area contributed by atoms with Crippen LogP contribution in [-0.4, -0.2) is 69.8 Å². The molecule has 8 nitrogen and oxygen atoms in total. The molecule has 0 aliphatic carbocycles. The van der Waals surface area contributed by atoms with E-state index in [0.29, 0.717) is 5.69 Å². The van der Waals surface area contributed by atoms with E-state index in [1.54, 1.807) is 18.3 Å². The number of carbonyl (C=O) groups is 2. The maximum absolute atomic E-state index is 10.2. The molecule has 0 aromatic carbocycles. The Kier molecular flexibility index (Phi) is 13.4.